The molecule has 1 aliphatic carbocycles. The number of carbonyl (C=O) groups excluding carboxylic acids is 2. The number of unbranched alkanes of at least 4 members (excludes halogenated alkanes) is 2. The molecule has 1 amide bonds. The molecule has 0 heterocycles. The second-order valence-electron chi connectivity index (χ2n) is 9.71. The van der Waals surface area contributed by atoms with Gasteiger partial charge in [-0.2, -0.15) is 0 Å². The van der Waals surface area contributed by atoms with E-state index in [1.807, 2.05) is 50.3 Å². The number of aliphatic hydroxyl groups is 2. The van der Waals surface area contributed by atoms with Crippen molar-refractivity contribution >= 4 is 11.9 Å². The van der Waals surface area contributed by atoms with Crippen LogP contribution in [0.4, 0.5) is 0 Å². The summed E-state index contributed by atoms with van der Waals surface area (Å²) in [4.78, 5) is 23.9. The molecule has 6 heteroatoms. The third-order valence-corrected chi connectivity index (χ3v) is 6.76. The summed E-state index contributed by atoms with van der Waals surface area (Å²) in [6, 6.07) is 10.1. The number of amides is 1. The predicted molar refractivity (Wildman–Crippen MR) is 143 cm³/mol. The zero-order valence-electron chi connectivity index (χ0n) is 22.0. The lowest BCUT2D eigenvalue weighted by Crippen LogP contribution is -2.22. The summed E-state index contributed by atoms with van der Waals surface area (Å²) in [6.45, 7) is 4.60. The molecule has 0 radical (unpaired) electrons. The van der Waals surface area contributed by atoms with Crippen molar-refractivity contribution in [2.45, 2.75) is 96.4 Å². The van der Waals surface area contributed by atoms with Crippen LogP contribution in [0.3, 0.4) is 0 Å². The van der Waals surface area contributed by atoms with Crippen molar-refractivity contribution in [1.82, 2.24) is 5.32 Å². The van der Waals surface area contributed by atoms with Crippen LogP contribution in [0, 0.1) is 11.8 Å². The van der Waals surface area contributed by atoms with Gasteiger partial charge in [0, 0.05) is 31.7 Å². The molecule has 0 aliphatic heterocycles. The molecule has 1 aliphatic rings. The Balaban J connectivity index is 1.96. The molecule has 0 unspecified atom stereocenters. The first-order valence-electron chi connectivity index (χ1n) is 13.6. The predicted octanol–water partition coefficient (Wildman–Crippen LogP) is 4.89. The van der Waals surface area contributed by atoms with Crippen molar-refractivity contribution in [3.63, 3.8) is 0 Å². The third kappa shape index (κ3) is 11.1. The average Bonchev–Trinajstić information content (AvgIpc) is 3.14. The van der Waals surface area contributed by atoms with Gasteiger partial charge in [-0.05, 0) is 63.0 Å². The van der Waals surface area contributed by atoms with E-state index in [2.05, 4.69) is 23.5 Å². The van der Waals surface area contributed by atoms with Crippen LogP contribution in [0.5, 0.6) is 0 Å². The van der Waals surface area contributed by atoms with E-state index in [0.717, 1.165) is 32.1 Å². The lowest BCUT2D eigenvalue weighted by Gasteiger charge is -2.21. The number of hydrogen-bond donors (Lipinski definition) is 3. The second-order valence-corrected chi connectivity index (χ2v) is 9.71. The van der Waals surface area contributed by atoms with Gasteiger partial charge in [0.25, 0.3) is 0 Å². The molecule has 6 nitrogen and oxygen atoms in total. The number of aliphatic hydroxyl groups excluding tert-OH is 2. The fraction of sp³-hybridized carbons (Fsp3) is 0.600. The number of nitrogens with one attached hydrogen (secondary N) is 1. The summed E-state index contributed by atoms with van der Waals surface area (Å²) >= 11 is 0. The van der Waals surface area contributed by atoms with Crippen LogP contribution >= 0.6 is 0 Å². The fourth-order valence-electron chi connectivity index (χ4n) is 4.69. The van der Waals surface area contributed by atoms with Gasteiger partial charge in [-0.25, -0.2) is 0 Å². The van der Waals surface area contributed by atoms with Gasteiger partial charge in [0.15, 0.2) is 0 Å². The largest absolute Gasteiger partial charge is 0.458 e. The summed E-state index contributed by atoms with van der Waals surface area (Å²) in [5.41, 5.74) is 1.19. The number of hydrogen-bond acceptors (Lipinski definition) is 5. The van der Waals surface area contributed by atoms with Crippen molar-refractivity contribution in [2.24, 2.45) is 11.8 Å². The smallest absolute Gasteiger partial charge is 0.306 e. The van der Waals surface area contributed by atoms with Crippen LogP contribution in [0.2, 0.25) is 0 Å². The number of carbonyl (C=O) groups is 2. The molecule has 0 aromatic heterocycles. The van der Waals surface area contributed by atoms with Crippen LogP contribution in [-0.2, 0) is 20.7 Å². The zero-order chi connectivity index (χ0) is 26.2. The lowest BCUT2D eigenvalue weighted by molar-refractivity contribution is -0.147. The van der Waals surface area contributed by atoms with Gasteiger partial charge in [0.05, 0.1) is 12.2 Å². The summed E-state index contributed by atoms with van der Waals surface area (Å²) in [5.74, 6) is -0.420. The maximum absolute atomic E-state index is 12.3. The highest BCUT2D eigenvalue weighted by Crippen LogP contribution is 2.36. The Hall–Kier alpha value is -2.44. The van der Waals surface area contributed by atoms with Crippen molar-refractivity contribution < 1.29 is 24.5 Å². The molecule has 2 rings (SSSR count). The summed E-state index contributed by atoms with van der Waals surface area (Å²) in [6.07, 6.45) is 13.1. The number of esters is 1. The Morgan fingerprint density at radius 2 is 1.86 bits per heavy atom. The number of benzene rings is 1. The van der Waals surface area contributed by atoms with Gasteiger partial charge in [0.2, 0.25) is 5.91 Å². The second kappa shape index (κ2) is 17.1. The first-order valence-corrected chi connectivity index (χ1v) is 13.6. The molecule has 5 atom stereocenters. The van der Waals surface area contributed by atoms with Crippen LogP contribution in [0.25, 0.3) is 0 Å². The van der Waals surface area contributed by atoms with Crippen LogP contribution in [0.15, 0.2) is 54.6 Å². The van der Waals surface area contributed by atoms with Gasteiger partial charge in [-0.15, -0.1) is 0 Å². The number of rotatable bonds is 16. The quantitative estimate of drug-likeness (QED) is 0.171. The standard InChI is InChI=1S/C30H45NO5/c1-3-5-17-30(35)36-24(19-18-23-13-9-8-10-14-23)20-21-26-25(27(32)22-28(26)33)15-11-6-7-12-16-29(34)31-4-2/h6,8-11,13-14,20-21,24-28,32-33H,3-5,7,12,15-19,22H2,1-2H3,(H,31,34)/b11-6-,21-20+/t24-,25+,26+,27-,28+/m0/s1. The Labute approximate surface area is 216 Å². The maximum atomic E-state index is 12.3. The van der Waals surface area contributed by atoms with Crippen molar-refractivity contribution in [3.8, 4) is 0 Å². The molecule has 3 N–H and O–H groups in total. The molecular weight excluding hydrogens is 454 g/mol. The summed E-state index contributed by atoms with van der Waals surface area (Å²) < 4.78 is 5.78. The highest BCUT2D eigenvalue weighted by molar-refractivity contribution is 5.75. The first-order chi connectivity index (χ1) is 17.4. The van der Waals surface area contributed by atoms with Gasteiger partial charge in [0.1, 0.15) is 6.10 Å². The Bertz CT molecular complexity index is 822. The van der Waals surface area contributed by atoms with E-state index in [0.29, 0.717) is 38.6 Å². The number of ether oxygens (including phenoxy) is 1. The first kappa shape index (κ1) is 29.8. The molecule has 1 saturated carbocycles. The Morgan fingerprint density at radius 3 is 2.58 bits per heavy atom. The maximum Gasteiger partial charge on any atom is 0.306 e. The molecular formula is C30H45NO5. The molecule has 200 valence electrons. The normalized spacial score (nSPS) is 22.8. The van der Waals surface area contributed by atoms with Crippen molar-refractivity contribution in [2.75, 3.05) is 6.54 Å². The molecule has 1 fully saturated rings. The minimum absolute atomic E-state index is 0.0719. The molecule has 0 spiro atoms. The molecule has 1 aromatic rings. The van der Waals surface area contributed by atoms with Gasteiger partial charge >= 0.3 is 5.97 Å². The van der Waals surface area contributed by atoms with E-state index >= 15 is 0 Å². The minimum atomic E-state index is -0.627. The van der Waals surface area contributed by atoms with Gasteiger partial charge < -0.3 is 20.3 Å². The molecule has 0 saturated heterocycles. The SMILES string of the molecule is CCCCC(=O)O[C@H](/C=C/[C@@H]1[C@@H](C/C=C\CCCC(=O)NCC)[C@@H](O)C[C@H]1O)CCc1ccccc1. The van der Waals surface area contributed by atoms with Crippen molar-refractivity contribution in [1.29, 1.82) is 0 Å². The molecule has 0 bridgehead atoms. The minimum Gasteiger partial charge on any atom is -0.458 e. The van der Waals surface area contributed by atoms with Gasteiger partial charge in [-0.3, -0.25) is 9.59 Å². The molecule has 1 aromatic carbocycles. The van der Waals surface area contributed by atoms with Crippen LogP contribution in [-0.4, -0.2) is 46.9 Å². The monoisotopic (exact) mass is 499 g/mol. The highest BCUT2D eigenvalue weighted by atomic mass is 16.5. The Kier molecular flexibility index (Phi) is 14.1. The molecule has 36 heavy (non-hydrogen) atoms. The fourth-order valence-corrected chi connectivity index (χ4v) is 4.69. The van der Waals surface area contributed by atoms with E-state index in [1.54, 1.807) is 0 Å². The lowest BCUT2D eigenvalue weighted by atomic mass is 9.89. The highest BCUT2D eigenvalue weighted by Gasteiger charge is 2.39. The van der Waals surface area contributed by atoms with E-state index in [-0.39, 0.29) is 29.8 Å². The van der Waals surface area contributed by atoms with Crippen LogP contribution in [0.1, 0.15) is 77.2 Å². The van der Waals surface area contributed by atoms with E-state index < -0.39 is 12.2 Å². The third-order valence-electron chi connectivity index (χ3n) is 6.76. The van der Waals surface area contributed by atoms with Gasteiger partial charge in [-0.1, -0.05) is 61.9 Å². The number of aryl methyl sites for hydroxylation is 1. The van der Waals surface area contributed by atoms with Crippen LogP contribution < -0.4 is 5.32 Å². The van der Waals surface area contributed by atoms with E-state index in [4.69, 9.17) is 4.74 Å². The topological polar surface area (TPSA) is 95.9 Å². The average molecular weight is 500 g/mol. The zero-order valence-corrected chi connectivity index (χ0v) is 22.0. The Morgan fingerprint density at radius 1 is 1.08 bits per heavy atom. The van der Waals surface area contributed by atoms with E-state index in [9.17, 15) is 19.8 Å². The summed E-state index contributed by atoms with van der Waals surface area (Å²) in [5, 5.41) is 24.0. The van der Waals surface area contributed by atoms with Crippen molar-refractivity contribution in [3.05, 3.63) is 60.2 Å². The van der Waals surface area contributed by atoms with E-state index in [1.165, 1.54) is 5.56 Å². The summed E-state index contributed by atoms with van der Waals surface area (Å²) in [7, 11) is 0. The number of allylic oxidation sites excluding steroid dienone is 2.